The first-order chi connectivity index (χ1) is 14.8. The second-order valence-electron chi connectivity index (χ2n) is 6.27. The van der Waals surface area contributed by atoms with E-state index in [0.29, 0.717) is 16.5 Å². The Morgan fingerprint density at radius 2 is 1.61 bits per heavy atom. The van der Waals surface area contributed by atoms with Crippen molar-refractivity contribution in [1.29, 1.82) is 0 Å². The quantitative estimate of drug-likeness (QED) is 0.585. The number of nitrogens with zero attached hydrogens (tertiary/aromatic N) is 1. The van der Waals surface area contributed by atoms with E-state index in [2.05, 4.69) is 5.32 Å². The van der Waals surface area contributed by atoms with E-state index in [0.717, 1.165) is 4.90 Å². The van der Waals surface area contributed by atoms with Crippen LogP contribution in [0, 0.1) is 0 Å². The summed E-state index contributed by atoms with van der Waals surface area (Å²) in [5, 5.41) is 2.99. The minimum atomic E-state index is -0.762. The van der Waals surface area contributed by atoms with E-state index in [-0.39, 0.29) is 23.6 Å². The summed E-state index contributed by atoms with van der Waals surface area (Å²) in [6.45, 7) is -0.794. The largest absolute Gasteiger partial charge is 0.493 e. The van der Waals surface area contributed by atoms with Crippen molar-refractivity contribution in [2.75, 3.05) is 46.8 Å². The molecule has 0 radical (unpaired) electrons. The molecule has 0 aliphatic heterocycles. The molecule has 2 amide bonds. The molecule has 166 valence electrons. The smallest absolute Gasteiger partial charge is 0.338 e. The molecule has 2 aromatic rings. The summed E-state index contributed by atoms with van der Waals surface area (Å²) in [5.41, 5.74) is 0.547. The SMILES string of the molecule is COc1cc(C(=O)OCC(=O)N(C)CC(=O)Nc2ccccc2Cl)cc(OC)c1OC. The second-order valence-corrected chi connectivity index (χ2v) is 6.68. The number of halogens is 1. The van der Waals surface area contributed by atoms with Gasteiger partial charge in [0.15, 0.2) is 18.1 Å². The average molecular weight is 451 g/mol. The Morgan fingerprint density at radius 1 is 1.00 bits per heavy atom. The Kier molecular flexibility index (Phi) is 8.51. The maximum atomic E-state index is 12.4. The van der Waals surface area contributed by atoms with Crippen molar-refractivity contribution in [1.82, 2.24) is 4.90 Å². The lowest BCUT2D eigenvalue weighted by atomic mass is 10.2. The lowest BCUT2D eigenvalue weighted by Crippen LogP contribution is -2.37. The molecule has 10 heteroatoms. The number of rotatable bonds is 9. The zero-order chi connectivity index (χ0) is 23.0. The van der Waals surface area contributed by atoms with Gasteiger partial charge in [-0.3, -0.25) is 9.59 Å². The molecule has 0 unspecified atom stereocenters. The van der Waals surface area contributed by atoms with Gasteiger partial charge < -0.3 is 29.2 Å². The Balaban J connectivity index is 1.95. The molecule has 31 heavy (non-hydrogen) atoms. The van der Waals surface area contributed by atoms with Gasteiger partial charge in [0, 0.05) is 7.05 Å². The predicted molar refractivity (Wildman–Crippen MR) is 114 cm³/mol. The van der Waals surface area contributed by atoms with Crippen LogP contribution < -0.4 is 19.5 Å². The van der Waals surface area contributed by atoms with Gasteiger partial charge in [-0.15, -0.1) is 0 Å². The summed E-state index contributed by atoms with van der Waals surface area (Å²) in [7, 11) is 5.69. The summed E-state index contributed by atoms with van der Waals surface area (Å²) in [5.74, 6) is -0.902. The number of likely N-dealkylation sites (N-methyl/N-ethyl adjacent to an activating group) is 1. The third kappa shape index (κ3) is 6.26. The first-order valence-corrected chi connectivity index (χ1v) is 9.44. The van der Waals surface area contributed by atoms with Gasteiger partial charge in [0.2, 0.25) is 11.7 Å². The van der Waals surface area contributed by atoms with Crippen LogP contribution in [0.15, 0.2) is 36.4 Å². The molecular weight excluding hydrogens is 428 g/mol. The van der Waals surface area contributed by atoms with Crippen molar-refractivity contribution in [2.24, 2.45) is 0 Å². The number of ether oxygens (including phenoxy) is 4. The monoisotopic (exact) mass is 450 g/mol. The van der Waals surface area contributed by atoms with Crippen LogP contribution in [0.1, 0.15) is 10.4 Å². The van der Waals surface area contributed by atoms with Crippen LogP contribution in [0.25, 0.3) is 0 Å². The van der Waals surface area contributed by atoms with E-state index >= 15 is 0 Å². The summed E-state index contributed by atoms with van der Waals surface area (Å²) in [4.78, 5) is 37.9. The van der Waals surface area contributed by atoms with Crippen molar-refractivity contribution >= 4 is 35.1 Å². The summed E-state index contributed by atoms with van der Waals surface area (Å²) in [6.07, 6.45) is 0. The fourth-order valence-corrected chi connectivity index (χ4v) is 2.76. The van der Waals surface area contributed by atoms with E-state index in [1.165, 1.54) is 40.5 Å². The number of carbonyl (C=O) groups is 3. The highest BCUT2D eigenvalue weighted by Gasteiger charge is 2.20. The first kappa shape index (κ1) is 23.8. The van der Waals surface area contributed by atoms with Crippen LogP contribution in [-0.2, 0) is 14.3 Å². The molecular formula is C21H23ClN2O7. The minimum Gasteiger partial charge on any atom is -0.493 e. The molecule has 9 nitrogen and oxygen atoms in total. The molecule has 2 rings (SSSR count). The molecule has 0 fully saturated rings. The van der Waals surface area contributed by atoms with Gasteiger partial charge in [-0.25, -0.2) is 4.79 Å². The van der Waals surface area contributed by atoms with Crippen LogP contribution in [0.2, 0.25) is 5.02 Å². The van der Waals surface area contributed by atoms with Crippen molar-refractivity contribution in [2.45, 2.75) is 0 Å². The second kappa shape index (κ2) is 11.1. The van der Waals surface area contributed by atoms with Crippen molar-refractivity contribution < 1.29 is 33.3 Å². The third-order valence-corrected chi connectivity index (χ3v) is 4.51. The number of para-hydroxylation sites is 1. The van der Waals surface area contributed by atoms with Gasteiger partial charge in [0.05, 0.1) is 44.1 Å². The molecule has 0 saturated carbocycles. The highest BCUT2D eigenvalue weighted by Crippen LogP contribution is 2.38. The zero-order valence-corrected chi connectivity index (χ0v) is 18.3. The van der Waals surface area contributed by atoms with Crippen LogP contribution in [-0.4, -0.2) is 64.2 Å². The van der Waals surface area contributed by atoms with Gasteiger partial charge in [-0.1, -0.05) is 23.7 Å². The molecule has 0 aliphatic rings. The van der Waals surface area contributed by atoms with Crippen molar-refractivity contribution in [3.63, 3.8) is 0 Å². The lowest BCUT2D eigenvalue weighted by Gasteiger charge is -2.17. The zero-order valence-electron chi connectivity index (χ0n) is 17.6. The van der Waals surface area contributed by atoms with Crippen LogP contribution >= 0.6 is 11.6 Å². The van der Waals surface area contributed by atoms with Crippen molar-refractivity contribution in [3.8, 4) is 17.2 Å². The highest BCUT2D eigenvalue weighted by atomic mass is 35.5. The molecule has 1 N–H and O–H groups in total. The molecule has 0 saturated heterocycles. The molecule has 0 heterocycles. The maximum absolute atomic E-state index is 12.4. The Hall–Kier alpha value is -3.46. The van der Waals surface area contributed by atoms with Gasteiger partial charge >= 0.3 is 5.97 Å². The summed E-state index contributed by atoms with van der Waals surface area (Å²) < 4.78 is 20.7. The number of carbonyl (C=O) groups excluding carboxylic acids is 3. The highest BCUT2D eigenvalue weighted by molar-refractivity contribution is 6.33. The molecule has 0 aromatic heterocycles. The van der Waals surface area contributed by atoms with Gasteiger partial charge in [-0.05, 0) is 24.3 Å². The number of benzene rings is 2. The predicted octanol–water partition coefficient (Wildman–Crippen LogP) is 2.62. The molecule has 0 bridgehead atoms. The van der Waals surface area contributed by atoms with Gasteiger partial charge in [-0.2, -0.15) is 0 Å². The number of hydrogen-bond acceptors (Lipinski definition) is 7. The number of esters is 1. The average Bonchev–Trinajstić information content (AvgIpc) is 2.77. The lowest BCUT2D eigenvalue weighted by molar-refractivity contribution is -0.136. The Labute approximate surface area is 184 Å². The van der Waals surface area contributed by atoms with E-state index in [1.807, 2.05) is 0 Å². The van der Waals surface area contributed by atoms with Crippen LogP contribution in [0.4, 0.5) is 5.69 Å². The summed E-state index contributed by atoms with van der Waals surface area (Å²) in [6, 6.07) is 9.55. The molecule has 0 aliphatic carbocycles. The molecule has 2 aromatic carbocycles. The Bertz CT molecular complexity index is 939. The number of hydrogen-bond donors (Lipinski definition) is 1. The van der Waals surface area contributed by atoms with E-state index in [1.54, 1.807) is 24.3 Å². The Morgan fingerprint density at radius 3 is 2.16 bits per heavy atom. The number of anilines is 1. The molecule has 0 spiro atoms. The topological polar surface area (TPSA) is 103 Å². The maximum Gasteiger partial charge on any atom is 0.338 e. The van der Waals surface area contributed by atoms with E-state index in [9.17, 15) is 14.4 Å². The first-order valence-electron chi connectivity index (χ1n) is 9.06. The standard InChI is InChI=1S/C21H23ClN2O7/c1-24(11-18(25)23-15-8-6-5-7-14(15)22)19(26)12-31-21(27)13-9-16(28-2)20(30-4)17(10-13)29-3/h5-10H,11-12H2,1-4H3,(H,23,25). The molecule has 0 atom stereocenters. The number of nitrogens with one attached hydrogen (secondary N) is 1. The van der Waals surface area contributed by atoms with Crippen LogP contribution in [0.3, 0.4) is 0 Å². The van der Waals surface area contributed by atoms with Gasteiger partial charge in [0.1, 0.15) is 0 Å². The number of methoxy groups -OCH3 is 3. The normalized spacial score (nSPS) is 10.1. The van der Waals surface area contributed by atoms with E-state index < -0.39 is 24.4 Å². The van der Waals surface area contributed by atoms with Crippen LogP contribution in [0.5, 0.6) is 17.2 Å². The number of amides is 2. The third-order valence-electron chi connectivity index (χ3n) is 4.18. The van der Waals surface area contributed by atoms with Gasteiger partial charge in [0.25, 0.3) is 5.91 Å². The summed E-state index contributed by atoms with van der Waals surface area (Å²) >= 11 is 5.99. The van der Waals surface area contributed by atoms with Crippen molar-refractivity contribution in [3.05, 3.63) is 47.0 Å². The fourth-order valence-electron chi connectivity index (χ4n) is 2.58. The fraction of sp³-hybridized carbons (Fsp3) is 0.286. The van der Waals surface area contributed by atoms with E-state index in [4.69, 9.17) is 30.5 Å². The minimum absolute atomic E-state index is 0.112.